The number of nitrogens with one attached hydrogen (secondary N) is 2. The van der Waals surface area contributed by atoms with Crippen LogP contribution in [0, 0.1) is 11.3 Å². The molecule has 124 valence electrons. The molecule has 5 nitrogen and oxygen atoms in total. The summed E-state index contributed by atoms with van der Waals surface area (Å²) in [6, 6.07) is 18.7. The highest BCUT2D eigenvalue weighted by Crippen LogP contribution is 2.16. The lowest BCUT2D eigenvalue weighted by atomic mass is 10.1. The maximum absolute atomic E-state index is 12.3. The largest absolute Gasteiger partial charge is 0.482 e. The standard InChI is InChI=1S/C19H21N3O2/c1-22(2)13-17(15-8-4-3-5-9-15)21-19(23)14-24-18-11-7-6-10-16(18)12-20/h3-11,17H,13-14H2,1-2H3,(H,21,23)/p+1/t17-/m1/s1. The SMILES string of the molecule is C[NH+](C)C[C@@H](NC(=O)COc1ccccc1C#N)c1ccccc1. The zero-order chi connectivity index (χ0) is 17.4. The minimum atomic E-state index is -0.210. The first-order valence-corrected chi connectivity index (χ1v) is 7.85. The van der Waals surface area contributed by atoms with E-state index in [1.165, 1.54) is 4.90 Å². The Morgan fingerprint density at radius 1 is 1.17 bits per heavy atom. The number of carbonyl (C=O) groups excluding carboxylic acids is 1. The van der Waals surface area contributed by atoms with E-state index in [4.69, 9.17) is 10.00 Å². The summed E-state index contributed by atoms with van der Waals surface area (Å²) >= 11 is 0. The van der Waals surface area contributed by atoms with Crippen molar-refractivity contribution in [2.75, 3.05) is 27.2 Å². The Bertz CT molecular complexity index is 708. The average molecular weight is 324 g/mol. The van der Waals surface area contributed by atoms with Gasteiger partial charge in [-0.2, -0.15) is 5.26 Å². The maximum Gasteiger partial charge on any atom is 0.258 e. The second kappa shape index (κ2) is 8.70. The lowest BCUT2D eigenvalue weighted by Crippen LogP contribution is -3.06. The molecular weight excluding hydrogens is 302 g/mol. The highest BCUT2D eigenvalue weighted by atomic mass is 16.5. The first kappa shape index (κ1) is 17.5. The lowest BCUT2D eigenvalue weighted by Gasteiger charge is -2.21. The third-order valence-corrected chi connectivity index (χ3v) is 3.52. The van der Waals surface area contributed by atoms with Gasteiger partial charge < -0.3 is 15.0 Å². The molecule has 0 spiro atoms. The Balaban J connectivity index is 1.99. The van der Waals surface area contributed by atoms with Crippen LogP contribution in [0.2, 0.25) is 0 Å². The van der Waals surface area contributed by atoms with Crippen LogP contribution < -0.4 is 15.0 Å². The molecule has 0 aliphatic carbocycles. The van der Waals surface area contributed by atoms with E-state index < -0.39 is 0 Å². The Hall–Kier alpha value is -2.84. The van der Waals surface area contributed by atoms with Crippen LogP contribution in [-0.4, -0.2) is 33.2 Å². The van der Waals surface area contributed by atoms with Gasteiger partial charge in [0.15, 0.2) is 6.61 Å². The number of ether oxygens (including phenoxy) is 1. The van der Waals surface area contributed by atoms with Crippen LogP contribution in [0.5, 0.6) is 5.75 Å². The zero-order valence-electron chi connectivity index (χ0n) is 14.0. The number of nitrogens with zero attached hydrogens (tertiary/aromatic N) is 1. The third-order valence-electron chi connectivity index (χ3n) is 3.52. The summed E-state index contributed by atoms with van der Waals surface area (Å²) in [4.78, 5) is 13.5. The van der Waals surface area contributed by atoms with Gasteiger partial charge in [0.1, 0.15) is 24.4 Å². The predicted molar refractivity (Wildman–Crippen MR) is 91.7 cm³/mol. The molecule has 0 saturated heterocycles. The summed E-state index contributed by atoms with van der Waals surface area (Å²) < 4.78 is 5.49. The minimum absolute atomic E-state index is 0.0847. The van der Waals surface area contributed by atoms with Crippen LogP contribution in [-0.2, 0) is 4.79 Å². The van der Waals surface area contributed by atoms with E-state index in [0.717, 1.165) is 12.1 Å². The van der Waals surface area contributed by atoms with E-state index in [9.17, 15) is 4.79 Å². The van der Waals surface area contributed by atoms with Crippen molar-refractivity contribution in [3.8, 4) is 11.8 Å². The van der Waals surface area contributed by atoms with E-state index in [0.29, 0.717) is 11.3 Å². The maximum atomic E-state index is 12.3. The zero-order valence-corrected chi connectivity index (χ0v) is 14.0. The molecule has 0 fully saturated rings. The smallest absolute Gasteiger partial charge is 0.258 e. The summed E-state index contributed by atoms with van der Waals surface area (Å²) in [5.74, 6) is 0.211. The molecule has 0 heterocycles. The van der Waals surface area contributed by atoms with Crippen molar-refractivity contribution in [2.24, 2.45) is 0 Å². The van der Waals surface area contributed by atoms with E-state index >= 15 is 0 Å². The number of amides is 1. The summed E-state index contributed by atoms with van der Waals surface area (Å²) in [5.41, 5.74) is 1.48. The quantitative estimate of drug-likeness (QED) is 0.796. The van der Waals surface area contributed by atoms with Crippen molar-refractivity contribution in [3.63, 3.8) is 0 Å². The fourth-order valence-corrected chi connectivity index (χ4v) is 2.41. The Kier molecular flexibility index (Phi) is 6.35. The molecule has 1 amide bonds. The van der Waals surface area contributed by atoms with Crippen LogP contribution in [0.1, 0.15) is 17.2 Å². The summed E-state index contributed by atoms with van der Waals surface area (Å²) in [6.45, 7) is 0.648. The van der Waals surface area contributed by atoms with Gasteiger partial charge in [-0.15, -0.1) is 0 Å². The highest BCUT2D eigenvalue weighted by Gasteiger charge is 2.18. The van der Waals surface area contributed by atoms with E-state index in [1.807, 2.05) is 44.4 Å². The van der Waals surface area contributed by atoms with Gasteiger partial charge in [-0.05, 0) is 17.7 Å². The summed E-state index contributed by atoms with van der Waals surface area (Å²) in [5, 5.41) is 12.0. The average Bonchev–Trinajstić information content (AvgIpc) is 2.60. The number of carbonyl (C=O) groups is 1. The Labute approximate surface area is 142 Å². The van der Waals surface area contributed by atoms with Crippen LogP contribution in [0.3, 0.4) is 0 Å². The van der Waals surface area contributed by atoms with Gasteiger partial charge in [-0.25, -0.2) is 0 Å². The van der Waals surface area contributed by atoms with Crippen molar-refractivity contribution in [2.45, 2.75) is 6.04 Å². The predicted octanol–water partition coefficient (Wildman–Crippen LogP) is 0.939. The number of hydrogen-bond donors (Lipinski definition) is 2. The van der Waals surface area contributed by atoms with Crippen LogP contribution in [0.25, 0.3) is 0 Å². The molecule has 0 saturated carbocycles. The van der Waals surface area contributed by atoms with E-state index in [2.05, 4.69) is 11.4 Å². The topological polar surface area (TPSA) is 66.6 Å². The van der Waals surface area contributed by atoms with Crippen LogP contribution >= 0.6 is 0 Å². The third kappa shape index (κ3) is 5.11. The fraction of sp³-hybridized carbons (Fsp3) is 0.263. The molecule has 1 atom stereocenters. The molecular formula is C19H22N3O2+. The van der Waals surface area contributed by atoms with E-state index in [1.54, 1.807) is 24.3 Å². The first-order chi connectivity index (χ1) is 11.6. The molecule has 2 aromatic carbocycles. The first-order valence-electron chi connectivity index (χ1n) is 7.85. The van der Waals surface area contributed by atoms with Crippen molar-refractivity contribution in [1.29, 1.82) is 5.26 Å². The molecule has 0 bridgehead atoms. The second-order valence-electron chi connectivity index (χ2n) is 5.84. The van der Waals surface area contributed by atoms with Gasteiger partial charge >= 0.3 is 0 Å². The summed E-state index contributed by atoms with van der Waals surface area (Å²) in [6.07, 6.45) is 0. The van der Waals surface area contributed by atoms with Gasteiger partial charge in [0.2, 0.25) is 0 Å². The molecule has 0 aromatic heterocycles. The van der Waals surface area contributed by atoms with Crippen molar-refractivity contribution in [1.82, 2.24) is 5.32 Å². The Morgan fingerprint density at radius 2 is 1.83 bits per heavy atom. The fourth-order valence-electron chi connectivity index (χ4n) is 2.41. The Morgan fingerprint density at radius 3 is 2.50 bits per heavy atom. The minimum Gasteiger partial charge on any atom is -0.482 e. The number of benzene rings is 2. The monoisotopic (exact) mass is 324 g/mol. The second-order valence-corrected chi connectivity index (χ2v) is 5.84. The molecule has 5 heteroatoms. The number of para-hydroxylation sites is 1. The lowest BCUT2D eigenvalue weighted by molar-refractivity contribution is -0.860. The molecule has 2 aromatic rings. The van der Waals surface area contributed by atoms with Crippen LogP contribution in [0.15, 0.2) is 54.6 Å². The molecule has 0 aliphatic heterocycles. The molecule has 2 N–H and O–H groups in total. The van der Waals surface area contributed by atoms with E-state index in [-0.39, 0.29) is 18.6 Å². The summed E-state index contributed by atoms with van der Waals surface area (Å²) in [7, 11) is 4.09. The van der Waals surface area contributed by atoms with Gasteiger partial charge in [0.05, 0.1) is 19.7 Å². The van der Waals surface area contributed by atoms with Crippen LogP contribution in [0.4, 0.5) is 0 Å². The molecule has 0 unspecified atom stereocenters. The molecule has 0 aliphatic rings. The van der Waals surface area contributed by atoms with Crippen molar-refractivity contribution >= 4 is 5.91 Å². The number of likely N-dealkylation sites (N-methyl/N-ethyl adjacent to an activating group) is 1. The van der Waals surface area contributed by atoms with Crippen molar-refractivity contribution < 1.29 is 14.4 Å². The van der Waals surface area contributed by atoms with Crippen molar-refractivity contribution in [3.05, 3.63) is 65.7 Å². The number of hydrogen-bond acceptors (Lipinski definition) is 3. The number of nitriles is 1. The highest BCUT2D eigenvalue weighted by molar-refractivity contribution is 5.78. The number of rotatable bonds is 7. The van der Waals surface area contributed by atoms with Gasteiger partial charge in [-0.3, -0.25) is 4.79 Å². The molecule has 2 rings (SSSR count). The molecule has 0 radical (unpaired) electrons. The normalized spacial score (nSPS) is 11.6. The van der Waals surface area contributed by atoms with Gasteiger partial charge in [-0.1, -0.05) is 42.5 Å². The number of quaternary nitrogens is 1. The molecule has 24 heavy (non-hydrogen) atoms. The van der Waals surface area contributed by atoms with Gasteiger partial charge in [0, 0.05) is 0 Å². The van der Waals surface area contributed by atoms with Gasteiger partial charge in [0.25, 0.3) is 5.91 Å².